The van der Waals surface area contributed by atoms with Crippen molar-refractivity contribution in [3.05, 3.63) is 58.3 Å². The monoisotopic (exact) mass is 287 g/mol. The molecule has 4 heteroatoms. The Morgan fingerprint density at radius 1 is 1.30 bits per heavy atom. The number of carboxylic acid groups (broad SMARTS) is 1. The molecule has 2 aromatic rings. The van der Waals surface area contributed by atoms with Gasteiger partial charge in [0, 0.05) is 30.2 Å². The van der Waals surface area contributed by atoms with Crippen LogP contribution in [-0.2, 0) is 11.2 Å². The van der Waals surface area contributed by atoms with Crippen molar-refractivity contribution < 1.29 is 9.90 Å². The van der Waals surface area contributed by atoms with Gasteiger partial charge in [0.05, 0.1) is 0 Å². The topological polar surface area (TPSA) is 40.5 Å². The number of rotatable bonds is 6. The quantitative estimate of drug-likeness (QED) is 0.826. The molecule has 0 fully saturated rings. The van der Waals surface area contributed by atoms with E-state index in [1.807, 2.05) is 24.3 Å². The molecule has 0 saturated carbocycles. The van der Waals surface area contributed by atoms with Gasteiger partial charge in [0.25, 0.3) is 0 Å². The first kappa shape index (κ1) is 14.3. The van der Waals surface area contributed by atoms with Crippen LogP contribution in [0.2, 0.25) is 0 Å². The summed E-state index contributed by atoms with van der Waals surface area (Å²) in [6.45, 7) is 0.963. The maximum absolute atomic E-state index is 10.5. The van der Waals surface area contributed by atoms with Gasteiger partial charge >= 0.3 is 5.97 Å². The van der Waals surface area contributed by atoms with E-state index in [1.54, 1.807) is 17.4 Å². The number of benzene rings is 1. The molecular weight excluding hydrogens is 270 g/mol. The molecule has 1 aromatic heterocycles. The van der Waals surface area contributed by atoms with Gasteiger partial charge in [-0.05, 0) is 41.6 Å². The first-order valence-corrected chi connectivity index (χ1v) is 7.28. The summed E-state index contributed by atoms with van der Waals surface area (Å²) in [7, 11) is 2.07. The van der Waals surface area contributed by atoms with Gasteiger partial charge in [-0.2, -0.15) is 0 Å². The molecule has 0 unspecified atom stereocenters. The zero-order chi connectivity index (χ0) is 14.4. The number of nitrogens with zero attached hydrogens (tertiary/aromatic N) is 1. The highest BCUT2D eigenvalue weighted by Gasteiger charge is 2.02. The average molecular weight is 287 g/mol. The molecule has 0 atom stereocenters. The standard InChI is InChI=1S/C16H17NO2S/c1-17(11-10-15-3-2-12-20-15)14-7-4-13(5-8-14)6-9-16(18)19/h2-9,12H,10-11H2,1H3,(H,18,19). The third-order valence-corrected chi connectivity index (χ3v) is 3.96. The van der Waals surface area contributed by atoms with E-state index in [0.29, 0.717) is 0 Å². The normalized spacial score (nSPS) is 10.8. The number of likely N-dealkylation sites (N-methyl/N-ethyl adjacent to an activating group) is 1. The van der Waals surface area contributed by atoms with Crippen LogP contribution in [0.25, 0.3) is 6.08 Å². The number of hydrogen-bond acceptors (Lipinski definition) is 3. The third kappa shape index (κ3) is 4.24. The molecule has 0 aliphatic rings. The van der Waals surface area contributed by atoms with Crippen molar-refractivity contribution in [1.82, 2.24) is 0 Å². The minimum atomic E-state index is -0.929. The van der Waals surface area contributed by atoms with Crippen LogP contribution in [0.3, 0.4) is 0 Å². The molecule has 0 amide bonds. The fourth-order valence-corrected chi connectivity index (χ4v) is 2.57. The second kappa shape index (κ2) is 6.91. The summed E-state index contributed by atoms with van der Waals surface area (Å²) in [5.74, 6) is -0.929. The van der Waals surface area contributed by atoms with Crippen molar-refractivity contribution in [3.63, 3.8) is 0 Å². The van der Waals surface area contributed by atoms with E-state index >= 15 is 0 Å². The molecule has 0 radical (unpaired) electrons. The second-order valence-electron chi connectivity index (χ2n) is 4.51. The lowest BCUT2D eigenvalue weighted by molar-refractivity contribution is -0.131. The Morgan fingerprint density at radius 2 is 2.05 bits per heavy atom. The van der Waals surface area contributed by atoms with E-state index in [9.17, 15) is 4.79 Å². The maximum atomic E-state index is 10.5. The Balaban J connectivity index is 1.93. The third-order valence-electron chi connectivity index (χ3n) is 3.03. The lowest BCUT2D eigenvalue weighted by atomic mass is 10.2. The smallest absolute Gasteiger partial charge is 0.328 e. The fraction of sp³-hybridized carbons (Fsp3) is 0.188. The van der Waals surface area contributed by atoms with Crippen LogP contribution in [0.15, 0.2) is 47.9 Å². The van der Waals surface area contributed by atoms with Gasteiger partial charge in [0.1, 0.15) is 0 Å². The molecule has 0 saturated heterocycles. The van der Waals surface area contributed by atoms with Crippen molar-refractivity contribution in [2.45, 2.75) is 6.42 Å². The summed E-state index contributed by atoms with van der Waals surface area (Å²) in [5.41, 5.74) is 2.02. The lowest BCUT2D eigenvalue weighted by Gasteiger charge is -2.19. The van der Waals surface area contributed by atoms with Crippen LogP contribution >= 0.6 is 11.3 Å². The highest BCUT2D eigenvalue weighted by molar-refractivity contribution is 7.09. The number of anilines is 1. The van der Waals surface area contributed by atoms with Crippen LogP contribution in [0, 0.1) is 0 Å². The predicted octanol–water partition coefficient (Wildman–Crippen LogP) is 3.52. The van der Waals surface area contributed by atoms with Gasteiger partial charge in [-0.15, -0.1) is 11.3 Å². The molecule has 104 valence electrons. The minimum absolute atomic E-state index is 0.891. The zero-order valence-electron chi connectivity index (χ0n) is 11.3. The Morgan fingerprint density at radius 3 is 2.65 bits per heavy atom. The van der Waals surface area contributed by atoms with Crippen molar-refractivity contribution in [2.24, 2.45) is 0 Å². The molecule has 1 aromatic carbocycles. The van der Waals surface area contributed by atoms with E-state index in [1.165, 1.54) is 4.88 Å². The molecule has 0 bridgehead atoms. The van der Waals surface area contributed by atoms with Gasteiger partial charge in [-0.1, -0.05) is 18.2 Å². The molecule has 3 nitrogen and oxygen atoms in total. The molecule has 0 aliphatic carbocycles. The largest absolute Gasteiger partial charge is 0.478 e. The van der Waals surface area contributed by atoms with Crippen molar-refractivity contribution in [3.8, 4) is 0 Å². The van der Waals surface area contributed by atoms with Crippen molar-refractivity contribution in [1.29, 1.82) is 0 Å². The first-order valence-electron chi connectivity index (χ1n) is 6.40. The molecule has 0 spiro atoms. The Kier molecular flexibility index (Phi) is 4.96. The minimum Gasteiger partial charge on any atom is -0.478 e. The van der Waals surface area contributed by atoms with Crippen molar-refractivity contribution in [2.75, 3.05) is 18.5 Å². The second-order valence-corrected chi connectivity index (χ2v) is 5.55. The average Bonchev–Trinajstić information content (AvgIpc) is 2.96. The SMILES string of the molecule is CN(CCc1cccs1)c1ccc(C=CC(=O)O)cc1. The van der Waals surface area contributed by atoms with Crippen LogP contribution in [0.1, 0.15) is 10.4 Å². The van der Waals surface area contributed by atoms with E-state index in [0.717, 1.165) is 30.3 Å². The Hall–Kier alpha value is -2.07. The molecule has 1 N–H and O–H groups in total. The van der Waals surface area contributed by atoms with E-state index in [4.69, 9.17) is 5.11 Å². The summed E-state index contributed by atoms with van der Waals surface area (Å²) in [6.07, 6.45) is 3.78. The fourth-order valence-electron chi connectivity index (χ4n) is 1.87. The summed E-state index contributed by atoms with van der Waals surface area (Å²) in [4.78, 5) is 14.0. The van der Waals surface area contributed by atoms with E-state index in [2.05, 4.69) is 29.5 Å². The summed E-state index contributed by atoms with van der Waals surface area (Å²) >= 11 is 1.78. The van der Waals surface area contributed by atoms with Gasteiger partial charge < -0.3 is 10.0 Å². The van der Waals surface area contributed by atoms with Gasteiger partial charge in [-0.3, -0.25) is 0 Å². The van der Waals surface area contributed by atoms with Gasteiger partial charge in [0.2, 0.25) is 0 Å². The highest BCUT2D eigenvalue weighted by Crippen LogP contribution is 2.16. The van der Waals surface area contributed by atoms with Crippen LogP contribution in [-0.4, -0.2) is 24.7 Å². The van der Waals surface area contributed by atoms with Crippen LogP contribution in [0.4, 0.5) is 5.69 Å². The maximum Gasteiger partial charge on any atom is 0.328 e. The first-order chi connectivity index (χ1) is 9.65. The molecule has 20 heavy (non-hydrogen) atoms. The number of thiophene rings is 1. The van der Waals surface area contributed by atoms with Gasteiger partial charge in [-0.25, -0.2) is 4.79 Å². The van der Waals surface area contributed by atoms with Crippen molar-refractivity contribution >= 4 is 29.1 Å². The highest BCUT2D eigenvalue weighted by atomic mass is 32.1. The predicted molar refractivity (Wildman–Crippen MR) is 84.4 cm³/mol. The van der Waals surface area contributed by atoms with E-state index < -0.39 is 5.97 Å². The Labute approximate surface area is 122 Å². The molecule has 2 rings (SSSR count). The Bertz CT molecular complexity index is 573. The van der Waals surface area contributed by atoms with Crippen LogP contribution < -0.4 is 4.90 Å². The number of carboxylic acids is 1. The lowest BCUT2D eigenvalue weighted by Crippen LogP contribution is -2.19. The summed E-state index contributed by atoms with van der Waals surface area (Å²) in [6, 6.07) is 12.1. The van der Waals surface area contributed by atoms with Crippen LogP contribution in [0.5, 0.6) is 0 Å². The van der Waals surface area contributed by atoms with Gasteiger partial charge in [0.15, 0.2) is 0 Å². The number of hydrogen-bond donors (Lipinski definition) is 1. The molecule has 1 heterocycles. The summed E-state index contributed by atoms with van der Waals surface area (Å²) in [5, 5.41) is 10.7. The summed E-state index contributed by atoms with van der Waals surface area (Å²) < 4.78 is 0. The number of carbonyl (C=O) groups is 1. The van der Waals surface area contributed by atoms with E-state index in [-0.39, 0.29) is 0 Å². The molecule has 0 aliphatic heterocycles. The number of aliphatic carboxylic acids is 1. The zero-order valence-corrected chi connectivity index (χ0v) is 12.1. The molecular formula is C16H17NO2S.